The van der Waals surface area contributed by atoms with Crippen LogP contribution in [0.5, 0.6) is 0 Å². The summed E-state index contributed by atoms with van der Waals surface area (Å²) in [7, 11) is 0. The van der Waals surface area contributed by atoms with Gasteiger partial charge in [0.05, 0.1) is 0 Å². The molecule has 1 aromatic heterocycles. The Morgan fingerprint density at radius 2 is 1.94 bits per heavy atom. The van der Waals surface area contributed by atoms with Crippen LogP contribution in [0.15, 0.2) is 4.52 Å². The second-order valence-electron chi connectivity index (χ2n) is 4.03. The highest BCUT2D eigenvalue weighted by atomic mass is 16.5. The van der Waals surface area contributed by atoms with E-state index in [-0.39, 0.29) is 0 Å². The topological polar surface area (TPSA) is 54.2 Å². The Morgan fingerprint density at radius 3 is 2.47 bits per heavy atom. The van der Waals surface area contributed by atoms with Crippen LogP contribution in [0.2, 0.25) is 0 Å². The molecule has 0 aliphatic rings. The lowest BCUT2D eigenvalue weighted by Crippen LogP contribution is -2.30. The van der Waals surface area contributed by atoms with E-state index in [2.05, 4.69) is 48.1 Å². The van der Waals surface area contributed by atoms with Crippen molar-refractivity contribution in [1.29, 1.82) is 0 Å². The molecule has 0 fully saturated rings. The molecule has 98 valence electrons. The Hall–Kier alpha value is -1.10. The average molecular weight is 240 g/mol. The van der Waals surface area contributed by atoms with Gasteiger partial charge in [-0.1, -0.05) is 13.8 Å². The minimum absolute atomic E-state index is 0.421. The number of likely N-dealkylation sites (N-methyl/N-ethyl adjacent to an activating group) is 1. The van der Waals surface area contributed by atoms with Crippen molar-refractivity contribution < 1.29 is 4.52 Å². The summed E-state index contributed by atoms with van der Waals surface area (Å²) < 4.78 is 5.29. The first-order chi connectivity index (χ1) is 8.24. The van der Waals surface area contributed by atoms with Crippen LogP contribution < -0.4 is 10.2 Å². The normalized spacial score (nSPS) is 12.7. The standard InChI is InChI=1S/C12H24N4O/c1-5-10(13-6-2)9-11-14-12(15-17-11)16(7-3)8-4/h10,13H,5-9H2,1-4H3. The van der Waals surface area contributed by atoms with Crippen molar-refractivity contribution >= 4 is 5.95 Å². The summed E-state index contributed by atoms with van der Waals surface area (Å²) in [5.74, 6) is 1.43. The predicted molar refractivity (Wildman–Crippen MR) is 69.3 cm³/mol. The van der Waals surface area contributed by atoms with E-state index in [1.807, 2.05) is 0 Å². The van der Waals surface area contributed by atoms with Crippen molar-refractivity contribution in [3.63, 3.8) is 0 Å². The fraction of sp³-hybridized carbons (Fsp3) is 0.833. The maximum atomic E-state index is 5.29. The number of aromatic nitrogens is 2. The molecule has 5 heteroatoms. The summed E-state index contributed by atoms with van der Waals surface area (Å²) in [6.45, 7) is 11.2. The molecule has 0 aliphatic heterocycles. The van der Waals surface area contributed by atoms with Crippen LogP contribution in [-0.2, 0) is 6.42 Å². The van der Waals surface area contributed by atoms with Crippen molar-refractivity contribution in [3.8, 4) is 0 Å². The zero-order valence-electron chi connectivity index (χ0n) is 11.4. The molecular weight excluding hydrogens is 216 g/mol. The van der Waals surface area contributed by atoms with E-state index in [1.165, 1.54) is 0 Å². The minimum atomic E-state index is 0.421. The van der Waals surface area contributed by atoms with Crippen LogP contribution in [0, 0.1) is 0 Å². The fourth-order valence-electron chi connectivity index (χ4n) is 1.82. The Labute approximate surface area is 104 Å². The van der Waals surface area contributed by atoms with Crippen LogP contribution in [0.4, 0.5) is 5.95 Å². The van der Waals surface area contributed by atoms with E-state index in [4.69, 9.17) is 4.52 Å². The van der Waals surface area contributed by atoms with Gasteiger partial charge in [0, 0.05) is 25.6 Å². The molecule has 0 saturated heterocycles. The van der Waals surface area contributed by atoms with Gasteiger partial charge in [0.25, 0.3) is 5.95 Å². The lowest BCUT2D eigenvalue weighted by atomic mass is 10.1. The van der Waals surface area contributed by atoms with Crippen LogP contribution in [-0.4, -0.2) is 35.8 Å². The molecule has 1 unspecified atom stereocenters. The molecule has 17 heavy (non-hydrogen) atoms. The van der Waals surface area contributed by atoms with Crippen molar-refractivity contribution in [3.05, 3.63) is 5.89 Å². The average Bonchev–Trinajstić information content (AvgIpc) is 2.79. The first-order valence-electron chi connectivity index (χ1n) is 6.55. The third kappa shape index (κ3) is 4.00. The van der Waals surface area contributed by atoms with Crippen molar-refractivity contribution in [2.24, 2.45) is 0 Å². The van der Waals surface area contributed by atoms with Crippen LogP contribution in [0.1, 0.15) is 40.0 Å². The van der Waals surface area contributed by atoms with E-state index >= 15 is 0 Å². The number of hydrogen-bond donors (Lipinski definition) is 1. The molecule has 1 heterocycles. The molecule has 0 spiro atoms. The molecule has 0 radical (unpaired) electrons. The third-order valence-electron chi connectivity index (χ3n) is 2.91. The van der Waals surface area contributed by atoms with Gasteiger partial charge in [-0.2, -0.15) is 4.98 Å². The van der Waals surface area contributed by atoms with E-state index in [0.29, 0.717) is 12.0 Å². The SMILES string of the molecule is CCNC(CC)Cc1nc(N(CC)CC)no1. The number of anilines is 1. The van der Waals surface area contributed by atoms with Gasteiger partial charge >= 0.3 is 0 Å². The van der Waals surface area contributed by atoms with Crippen LogP contribution in [0.3, 0.4) is 0 Å². The first kappa shape index (κ1) is 14.0. The van der Waals surface area contributed by atoms with Gasteiger partial charge in [0.1, 0.15) is 0 Å². The molecular formula is C12H24N4O. The van der Waals surface area contributed by atoms with Gasteiger partial charge in [-0.05, 0) is 32.0 Å². The molecule has 0 bridgehead atoms. The van der Waals surface area contributed by atoms with Crippen molar-refractivity contribution in [2.75, 3.05) is 24.5 Å². The lowest BCUT2D eigenvalue weighted by molar-refractivity contribution is 0.354. The van der Waals surface area contributed by atoms with Gasteiger partial charge in [-0.25, -0.2) is 0 Å². The van der Waals surface area contributed by atoms with Gasteiger partial charge in [-0.3, -0.25) is 0 Å². The third-order valence-corrected chi connectivity index (χ3v) is 2.91. The quantitative estimate of drug-likeness (QED) is 0.751. The zero-order valence-corrected chi connectivity index (χ0v) is 11.4. The molecule has 1 aromatic rings. The summed E-state index contributed by atoms with van der Waals surface area (Å²) in [6, 6.07) is 0.421. The molecule has 1 atom stereocenters. The maximum Gasteiger partial charge on any atom is 0.266 e. The fourth-order valence-corrected chi connectivity index (χ4v) is 1.82. The highest BCUT2D eigenvalue weighted by Crippen LogP contribution is 2.11. The van der Waals surface area contributed by atoms with E-state index in [1.54, 1.807) is 0 Å². The molecule has 0 saturated carbocycles. The molecule has 5 nitrogen and oxygen atoms in total. The predicted octanol–water partition coefficient (Wildman–Crippen LogP) is 1.85. The highest BCUT2D eigenvalue weighted by molar-refractivity contribution is 5.26. The maximum absolute atomic E-state index is 5.29. The van der Waals surface area contributed by atoms with Gasteiger partial charge in [-0.15, -0.1) is 0 Å². The summed E-state index contributed by atoms with van der Waals surface area (Å²) in [5.41, 5.74) is 0. The van der Waals surface area contributed by atoms with Gasteiger partial charge < -0.3 is 14.7 Å². The smallest absolute Gasteiger partial charge is 0.266 e. The zero-order chi connectivity index (χ0) is 12.7. The Balaban J connectivity index is 2.60. The Morgan fingerprint density at radius 1 is 1.24 bits per heavy atom. The lowest BCUT2D eigenvalue weighted by Gasteiger charge is -2.14. The van der Waals surface area contributed by atoms with Gasteiger partial charge in [0.15, 0.2) is 0 Å². The summed E-state index contributed by atoms with van der Waals surface area (Å²) in [6.07, 6.45) is 1.87. The van der Waals surface area contributed by atoms with Gasteiger partial charge in [0.2, 0.25) is 5.89 Å². The number of nitrogens with one attached hydrogen (secondary N) is 1. The number of nitrogens with zero attached hydrogens (tertiary/aromatic N) is 3. The molecule has 1 rings (SSSR count). The first-order valence-corrected chi connectivity index (χ1v) is 6.55. The molecule has 0 aromatic carbocycles. The molecule has 0 aliphatic carbocycles. The minimum Gasteiger partial charge on any atom is -0.339 e. The van der Waals surface area contributed by atoms with E-state index in [0.717, 1.165) is 38.4 Å². The summed E-state index contributed by atoms with van der Waals surface area (Å²) in [5, 5.41) is 7.42. The summed E-state index contributed by atoms with van der Waals surface area (Å²) in [4.78, 5) is 6.51. The van der Waals surface area contributed by atoms with Crippen molar-refractivity contribution in [1.82, 2.24) is 15.5 Å². The Kier molecular flexibility index (Phi) is 5.97. The highest BCUT2D eigenvalue weighted by Gasteiger charge is 2.14. The van der Waals surface area contributed by atoms with E-state index < -0.39 is 0 Å². The molecule has 0 amide bonds. The largest absolute Gasteiger partial charge is 0.339 e. The second-order valence-corrected chi connectivity index (χ2v) is 4.03. The monoisotopic (exact) mass is 240 g/mol. The van der Waals surface area contributed by atoms with Crippen LogP contribution in [0.25, 0.3) is 0 Å². The number of rotatable bonds is 8. The second kappa shape index (κ2) is 7.27. The molecule has 1 N–H and O–H groups in total. The Bertz CT molecular complexity index is 309. The van der Waals surface area contributed by atoms with E-state index in [9.17, 15) is 0 Å². The summed E-state index contributed by atoms with van der Waals surface area (Å²) >= 11 is 0. The van der Waals surface area contributed by atoms with Crippen LogP contribution >= 0.6 is 0 Å². The van der Waals surface area contributed by atoms with Crippen molar-refractivity contribution in [2.45, 2.75) is 46.6 Å². The number of hydrogen-bond acceptors (Lipinski definition) is 5.